The topological polar surface area (TPSA) is 40.5 Å². The molecule has 0 aliphatic carbocycles. The number of aromatic nitrogens is 1. The van der Waals surface area contributed by atoms with Crippen molar-refractivity contribution < 1.29 is 14.3 Å². The predicted molar refractivity (Wildman–Crippen MR) is 68.2 cm³/mol. The van der Waals surface area contributed by atoms with Crippen LogP contribution in [0.3, 0.4) is 0 Å². The number of hydrogen-bond donors (Lipinski definition) is 0. The molecule has 0 amide bonds. The summed E-state index contributed by atoms with van der Waals surface area (Å²) in [5, 5.41) is 0. The second-order valence-electron chi connectivity index (χ2n) is 3.90. The molecule has 0 unspecified atom stereocenters. The molecule has 4 heteroatoms. The van der Waals surface area contributed by atoms with Crippen LogP contribution in [-0.2, 0) is 7.05 Å². The van der Waals surface area contributed by atoms with E-state index in [-0.39, 0.29) is 12.4 Å². The second kappa shape index (κ2) is 5.40. The highest BCUT2D eigenvalue weighted by molar-refractivity contribution is 5.95. The number of hydrogen-bond acceptors (Lipinski definition) is 3. The maximum Gasteiger partial charge on any atom is 0.216 e. The van der Waals surface area contributed by atoms with E-state index in [1.807, 2.05) is 31.4 Å². The highest BCUT2D eigenvalue weighted by Gasteiger charge is 2.09. The van der Waals surface area contributed by atoms with Crippen molar-refractivity contribution in [1.82, 2.24) is 4.57 Å². The van der Waals surface area contributed by atoms with E-state index >= 15 is 0 Å². The van der Waals surface area contributed by atoms with E-state index in [0.29, 0.717) is 17.2 Å². The van der Waals surface area contributed by atoms with E-state index in [2.05, 4.69) is 0 Å². The van der Waals surface area contributed by atoms with Gasteiger partial charge in [0.1, 0.15) is 11.5 Å². The molecule has 0 fully saturated rings. The Bertz CT molecular complexity index is 545. The van der Waals surface area contributed by atoms with Crippen LogP contribution in [-0.4, -0.2) is 24.1 Å². The Morgan fingerprint density at radius 3 is 2.67 bits per heavy atom. The summed E-state index contributed by atoms with van der Waals surface area (Å²) >= 11 is 0. The Morgan fingerprint density at radius 2 is 2.00 bits per heavy atom. The van der Waals surface area contributed by atoms with Gasteiger partial charge in [0.05, 0.1) is 12.8 Å². The zero-order valence-electron chi connectivity index (χ0n) is 10.4. The third-order valence-electron chi connectivity index (χ3n) is 2.64. The van der Waals surface area contributed by atoms with Crippen molar-refractivity contribution in [2.75, 3.05) is 13.7 Å². The van der Waals surface area contributed by atoms with Gasteiger partial charge in [-0.05, 0) is 24.3 Å². The van der Waals surface area contributed by atoms with Gasteiger partial charge in [0, 0.05) is 19.3 Å². The Kier molecular flexibility index (Phi) is 3.67. The molecule has 18 heavy (non-hydrogen) atoms. The van der Waals surface area contributed by atoms with Gasteiger partial charge in [-0.1, -0.05) is 6.07 Å². The van der Waals surface area contributed by atoms with Crippen LogP contribution in [0.5, 0.6) is 11.5 Å². The number of ether oxygens (including phenoxy) is 2. The fraction of sp³-hybridized carbons (Fsp3) is 0.214. The number of carbonyl (C=O) groups is 1. The van der Waals surface area contributed by atoms with Gasteiger partial charge >= 0.3 is 0 Å². The van der Waals surface area contributed by atoms with Gasteiger partial charge in [-0.2, -0.15) is 0 Å². The van der Waals surface area contributed by atoms with Crippen LogP contribution in [0.1, 0.15) is 10.5 Å². The highest BCUT2D eigenvalue weighted by Crippen LogP contribution is 2.19. The number of carbonyl (C=O) groups excluding carboxylic acids is 1. The van der Waals surface area contributed by atoms with Crippen LogP contribution in [0, 0.1) is 0 Å². The number of methoxy groups -OCH3 is 1. The molecule has 1 aromatic heterocycles. The van der Waals surface area contributed by atoms with Crippen molar-refractivity contribution in [3.05, 3.63) is 48.3 Å². The molecular formula is C14H15NO3. The molecule has 2 rings (SSSR count). The average Bonchev–Trinajstić information content (AvgIpc) is 2.82. The van der Waals surface area contributed by atoms with E-state index in [1.54, 1.807) is 29.9 Å². The van der Waals surface area contributed by atoms with Crippen molar-refractivity contribution >= 4 is 5.78 Å². The van der Waals surface area contributed by atoms with Gasteiger partial charge in [0.25, 0.3) is 0 Å². The number of rotatable bonds is 5. The van der Waals surface area contributed by atoms with Crippen LogP contribution in [0.4, 0.5) is 0 Å². The van der Waals surface area contributed by atoms with Crippen molar-refractivity contribution in [3.8, 4) is 11.5 Å². The second-order valence-corrected chi connectivity index (χ2v) is 3.90. The van der Waals surface area contributed by atoms with Crippen LogP contribution in [0.25, 0.3) is 0 Å². The van der Waals surface area contributed by atoms with E-state index in [9.17, 15) is 4.79 Å². The number of Topliss-reactive ketones (excluding diaryl/α,β-unsaturated/α-hetero) is 1. The zero-order valence-corrected chi connectivity index (χ0v) is 10.4. The van der Waals surface area contributed by atoms with Gasteiger partial charge in [0.15, 0.2) is 6.61 Å². The van der Waals surface area contributed by atoms with E-state index in [1.165, 1.54) is 0 Å². The third kappa shape index (κ3) is 2.71. The summed E-state index contributed by atoms with van der Waals surface area (Å²) in [6, 6.07) is 10.8. The quantitative estimate of drug-likeness (QED) is 0.759. The molecule has 1 heterocycles. The Morgan fingerprint density at radius 1 is 1.22 bits per heavy atom. The van der Waals surface area contributed by atoms with E-state index in [0.717, 1.165) is 0 Å². The lowest BCUT2D eigenvalue weighted by molar-refractivity contribution is 0.0913. The Hall–Kier alpha value is -2.23. The van der Waals surface area contributed by atoms with Crippen molar-refractivity contribution in [3.63, 3.8) is 0 Å². The van der Waals surface area contributed by atoms with Gasteiger partial charge in [0.2, 0.25) is 5.78 Å². The molecule has 0 radical (unpaired) electrons. The number of benzene rings is 1. The molecule has 0 aliphatic rings. The first-order valence-electron chi connectivity index (χ1n) is 5.62. The molecule has 94 valence electrons. The van der Waals surface area contributed by atoms with E-state index in [4.69, 9.17) is 9.47 Å². The lowest BCUT2D eigenvalue weighted by atomic mass is 10.3. The van der Waals surface area contributed by atoms with Gasteiger partial charge < -0.3 is 14.0 Å². The molecule has 0 N–H and O–H groups in total. The van der Waals surface area contributed by atoms with Crippen molar-refractivity contribution in [1.29, 1.82) is 0 Å². The standard InChI is InChI=1S/C14H15NO3/c1-15-8-4-7-13(15)14(16)10-18-12-6-3-5-11(9-12)17-2/h3-9H,10H2,1-2H3. The summed E-state index contributed by atoms with van der Waals surface area (Å²) < 4.78 is 12.3. The van der Waals surface area contributed by atoms with Crippen molar-refractivity contribution in [2.24, 2.45) is 7.05 Å². The zero-order chi connectivity index (χ0) is 13.0. The van der Waals surface area contributed by atoms with Gasteiger partial charge in [-0.15, -0.1) is 0 Å². The molecule has 0 saturated heterocycles. The summed E-state index contributed by atoms with van der Waals surface area (Å²) in [5.41, 5.74) is 0.637. The minimum Gasteiger partial charge on any atom is -0.497 e. The summed E-state index contributed by atoms with van der Waals surface area (Å²) in [7, 11) is 3.42. The number of aryl methyl sites for hydroxylation is 1. The third-order valence-corrected chi connectivity index (χ3v) is 2.64. The molecule has 0 atom stereocenters. The molecule has 0 bridgehead atoms. The van der Waals surface area contributed by atoms with Gasteiger partial charge in [-0.3, -0.25) is 4.79 Å². The highest BCUT2D eigenvalue weighted by atomic mass is 16.5. The summed E-state index contributed by atoms with van der Waals surface area (Å²) in [5.74, 6) is 1.28. The molecule has 2 aromatic rings. The number of nitrogens with zero attached hydrogens (tertiary/aromatic N) is 1. The molecule has 0 spiro atoms. The largest absolute Gasteiger partial charge is 0.497 e. The summed E-state index contributed by atoms with van der Waals surface area (Å²) in [6.07, 6.45) is 1.83. The van der Waals surface area contributed by atoms with E-state index < -0.39 is 0 Å². The van der Waals surface area contributed by atoms with Crippen LogP contribution >= 0.6 is 0 Å². The maximum absolute atomic E-state index is 11.9. The summed E-state index contributed by atoms with van der Waals surface area (Å²) in [6.45, 7) is 0.0189. The molecule has 4 nitrogen and oxygen atoms in total. The molecule has 0 saturated carbocycles. The number of ketones is 1. The normalized spacial score (nSPS) is 10.1. The van der Waals surface area contributed by atoms with Gasteiger partial charge in [-0.25, -0.2) is 0 Å². The lowest BCUT2D eigenvalue weighted by Gasteiger charge is -2.07. The van der Waals surface area contributed by atoms with Crippen LogP contribution < -0.4 is 9.47 Å². The molecular weight excluding hydrogens is 230 g/mol. The fourth-order valence-corrected chi connectivity index (χ4v) is 1.66. The monoisotopic (exact) mass is 245 g/mol. The molecule has 0 aliphatic heterocycles. The average molecular weight is 245 g/mol. The van der Waals surface area contributed by atoms with Crippen LogP contribution in [0.15, 0.2) is 42.6 Å². The SMILES string of the molecule is COc1cccc(OCC(=O)c2cccn2C)c1. The summed E-state index contributed by atoms with van der Waals surface area (Å²) in [4.78, 5) is 11.9. The Balaban J connectivity index is 1.99. The minimum absolute atomic E-state index is 0.0189. The first-order valence-corrected chi connectivity index (χ1v) is 5.62. The van der Waals surface area contributed by atoms with Crippen molar-refractivity contribution in [2.45, 2.75) is 0 Å². The predicted octanol–water partition coefficient (Wildman–Crippen LogP) is 2.30. The first-order chi connectivity index (χ1) is 8.70. The lowest BCUT2D eigenvalue weighted by Crippen LogP contribution is -2.14. The van der Waals surface area contributed by atoms with Crippen LogP contribution in [0.2, 0.25) is 0 Å². The maximum atomic E-state index is 11.9. The minimum atomic E-state index is -0.0506. The molecule has 1 aromatic carbocycles. The first kappa shape index (κ1) is 12.2. The fourth-order valence-electron chi connectivity index (χ4n) is 1.66. The Labute approximate surface area is 106 Å². The smallest absolute Gasteiger partial charge is 0.216 e.